The largest absolute Gasteiger partial charge is 0.409 e. The molecule has 0 fully saturated rings. The Bertz CT molecular complexity index is 1640. The molecule has 1 atom stereocenters. The highest BCUT2D eigenvalue weighted by Crippen LogP contribution is 2.40. The number of allylic oxidation sites excluding steroid dienone is 2. The number of aromatic nitrogens is 1. The highest BCUT2D eigenvalue weighted by Gasteiger charge is 2.27. The van der Waals surface area contributed by atoms with Crippen LogP contribution in [0.15, 0.2) is 138 Å². The zero-order valence-electron chi connectivity index (χ0n) is 24.8. The first-order valence-corrected chi connectivity index (χ1v) is 14.4. The molecule has 1 unspecified atom stereocenters. The first-order valence-electron chi connectivity index (χ1n) is 14.4. The van der Waals surface area contributed by atoms with Gasteiger partial charge in [0.25, 0.3) is 0 Å². The van der Waals surface area contributed by atoms with Gasteiger partial charge >= 0.3 is 0 Å². The summed E-state index contributed by atoms with van der Waals surface area (Å²) in [5, 5.41) is 4.47. The average molecular weight is 555 g/mol. The lowest BCUT2D eigenvalue weighted by atomic mass is 9.85. The van der Waals surface area contributed by atoms with Gasteiger partial charge < -0.3 is 9.68 Å². The van der Waals surface area contributed by atoms with Gasteiger partial charge in [-0.2, -0.15) is 4.73 Å². The fourth-order valence-corrected chi connectivity index (χ4v) is 5.15. The predicted octanol–water partition coefficient (Wildman–Crippen LogP) is 9.07. The molecule has 42 heavy (non-hydrogen) atoms. The van der Waals surface area contributed by atoms with E-state index < -0.39 is 0 Å². The van der Waals surface area contributed by atoms with Gasteiger partial charge in [-0.15, -0.1) is 0 Å². The van der Waals surface area contributed by atoms with Gasteiger partial charge in [-0.05, 0) is 61.1 Å². The molecule has 5 rings (SSSR count). The maximum Gasteiger partial charge on any atom is 0.142 e. The lowest BCUT2D eigenvalue weighted by Crippen LogP contribution is -2.15. The summed E-state index contributed by atoms with van der Waals surface area (Å²) in [7, 11) is 0. The molecule has 0 aliphatic heterocycles. The monoisotopic (exact) mass is 554 g/mol. The van der Waals surface area contributed by atoms with Gasteiger partial charge in [-0.3, -0.25) is 0 Å². The van der Waals surface area contributed by atoms with Crippen LogP contribution in [0, 0.1) is 13.8 Å². The number of oxime groups is 1. The normalized spacial score (nSPS) is 12.7. The maximum atomic E-state index is 6.56. The zero-order chi connectivity index (χ0) is 29.3. The van der Waals surface area contributed by atoms with Crippen molar-refractivity contribution in [3.63, 3.8) is 0 Å². The molecule has 1 heterocycles. The van der Waals surface area contributed by atoms with Crippen molar-refractivity contribution in [2.24, 2.45) is 5.16 Å². The molecule has 4 heteroatoms. The maximum absolute atomic E-state index is 6.56. The summed E-state index contributed by atoms with van der Waals surface area (Å²) < 4.78 is 2.02. The highest BCUT2D eigenvalue weighted by atomic mass is 16.7. The first-order chi connectivity index (χ1) is 20.5. The summed E-state index contributed by atoms with van der Waals surface area (Å²) in [5.41, 5.74) is 11.0. The third-order valence-corrected chi connectivity index (χ3v) is 7.69. The Kier molecular flexibility index (Phi) is 9.35. The van der Waals surface area contributed by atoms with E-state index in [1.807, 2.05) is 60.2 Å². The Hall–Kier alpha value is -4.83. The van der Waals surface area contributed by atoms with E-state index in [9.17, 15) is 0 Å². The molecule has 0 aliphatic carbocycles. The fraction of sp³-hybridized carbons (Fsp3) is 0.184. The molecule has 0 aliphatic rings. The summed E-state index contributed by atoms with van der Waals surface area (Å²) in [6.07, 6.45) is 2.30. The van der Waals surface area contributed by atoms with Crippen LogP contribution in [0.5, 0.6) is 0 Å². The van der Waals surface area contributed by atoms with Crippen LogP contribution in [0.25, 0.3) is 11.3 Å². The average Bonchev–Trinajstić information content (AvgIpc) is 3.29. The minimum atomic E-state index is -0.0269. The molecule has 0 spiro atoms. The van der Waals surface area contributed by atoms with Crippen molar-refractivity contribution in [3.05, 3.63) is 166 Å². The van der Waals surface area contributed by atoms with E-state index in [1.165, 1.54) is 16.7 Å². The van der Waals surface area contributed by atoms with Crippen LogP contribution < -0.4 is 4.84 Å². The lowest BCUT2D eigenvalue weighted by molar-refractivity contribution is 0.0969. The Morgan fingerprint density at radius 2 is 1.24 bits per heavy atom. The van der Waals surface area contributed by atoms with Crippen molar-refractivity contribution in [3.8, 4) is 11.3 Å². The smallest absolute Gasteiger partial charge is 0.142 e. The van der Waals surface area contributed by atoms with Crippen LogP contribution in [-0.4, -0.2) is 10.4 Å². The van der Waals surface area contributed by atoms with Crippen molar-refractivity contribution in [1.29, 1.82) is 0 Å². The third-order valence-electron chi connectivity index (χ3n) is 7.69. The molecule has 1 aromatic heterocycles. The molecular weight excluding hydrogens is 516 g/mol. The van der Waals surface area contributed by atoms with Gasteiger partial charge in [0.2, 0.25) is 0 Å². The van der Waals surface area contributed by atoms with Crippen molar-refractivity contribution < 1.29 is 9.68 Å². The standard InChI is InChI=1S/C38H38N2O2/c1-28(30(3)39-41-26-32-17-9-5-10-18-32)25-36(34-21-13-7-14-22-34)37-29(2)31(4)40(38(37)35-23-15-8-16-24-35)42-27-33-19-11-6-12-20-33/h5-25,36H,26-27H2,1-4H3/b28-25+,39-30+. The van der Waals surface area contributed by atoms with Crippen LogP contribution in [0.4, 0.5) is 0 Å². The van der Waals surface area contributed by atoms with E-state index in [4.69, 9.17) is 9.68 Å². The van der Waals surface area contributed by atoms with E-state index in [0.29, 0.717) is 13.2 Å². The van der Waals surface area contributed by atoms with E-state index in [0.717, 1.165) is 39.4 Å². The van der Waals surface area contributed by atoms with Gasteiger partial charge in [0.1, 0.15) is 13.2 Å². The first kappa shape index (κ1) is 28.7. The number of benzene rings is 4. The molecular formula is C38H38N2O2. The number of hydrogen-bond acceptors (Lipinski definition) is 3. The Balaban J connectivity index is 1.57. The van der Waals surface area contributed by atoms with Gasteiger partial charge in [-0.1, -0.05) is 133 Å². The topological polar surface area (TPSA) is 35.8 Å². The Morgan fingerprint density at radius 3 is 1.83 bits per heavy atom. The van der Waals surface area contributed by atoms with Crippen LogP contribution in [0.2, 0.25) is 0 Å². The zero-order valence-corrected chi connectivity index (χ0v) is 24.8. The molecule has 0 bridgehead atoms. The minimum absolute atomic E-state index is 0.0269. The van der Waals surface area contributed by atoms with Crippen molar-refractivity contribution in [2.75, 3.05) is 0 Å². The minimum Gasteiger partial charge on any atom is -0.409 e. The summed E-state index contributed by atoms with van der Waals surface area (Å²) in [5.74, 6) is -0.0269. The summed E-state index contributed by atoms with van der Waals surface area (Å²) >= 11 is 0. The van der Waals surface area contributed by atoms with E-state index in [2.05, 4.69) is 105 Å². The molecule has 0 radical (unpaired) electrons. The Labute approximate surface area is 249 Å². The molecule has 0 saturated heterocycles. The summed E-state index contributed by atoms with van der Waals surface area (Å²) in [4.78, 5) is 12.3. The molecule has 0 amide bonds. The van der Waals surface area contributed by atoms with Crippen LogP contribution in [0.3, 0.4) is 0 Å². The Morgan fingerprint density at radius 1 is 0.714 bits per heavy atom. The van der Waals surface area contributed by atoms with Gasteiger partial charge in [0, 0.05) is 11.5 Å². The summed E-state index contributed by atoms with van der Waals surface area (Å²) in [6.45, 7) is 9.36. The van der Waals surface area contributed by atoms with Crippen molar-refractivity contribution in [2.45, 2.75) is 46.8 Å². The van der Waals surface area contributed by atoms with E-state index >= 15 is 0 Å². The number of hydrogen-bond donors (Lipinski definition) is 0. The fourth-order valence-electron chi connectivity index (χ4n) is 5.15. The lowest BCUT2D eigenvalue weighted by Gasteiger charge is -2.20. The van der Waals surface area contributed by atoms with Gasteiger partial charge in [0.15, 0.2) is 0 Å². The molecule has 212 valence electrons. The number of rotatable bonds is 11. The number of nitrogens with zero attached hydrogens (tertiary/aromatic N) is 2. The van der Waals surface area contributed by atoms with Gasteiger partial charge in [0.05, 0.1) is 17.1 Å². The van der Waals surface area contributed by atoms with Crippen LogP contribution in [-0.2, 0) is 18.1 Å². The second-order valence-electron chi connectivity index (χ2n) is 10.6. The predicted molar refractivity (Wildman–Crippen MR) is 172 cm³/mol. The van der Waals surface area contributed by atoms with Gasteiger partial charge in [-0.25, -0.2) is 0 Å². The second-order valence-corrected chi connectivity index (χ2v) is 10.6. The van der Waals surface area contributed by atoms with Crippen LogP contribution >= 0.6 is 0 Å². The molecule has 5 aromatic rings. The van der Waals surface area contributed by atoms with Crippen molar-refractivity contribution in [1.82, 2.24) is 4.73 Å². The van der Waals surface area contributed by atoms with Crippen molar-refractivity contribution >= 4 is 5.71 Å². The SMILES string of the molecule is CC(=C\C(c1ccccc1)c1c(C)c(C)n(OCc2ccccc2)c1-c1ccccc1)/C(C)=N/OCc1ccccc1. The van der Waals surface area contributed by atoms with E-state index in [1.54, 1.807) is 0 Å². The molecule has 0 N–H and O–H groups in total. The van der Waals surface area contributed by atoms with Crippen LogP contribution in [0.1, 0.15) is 53.3 Å². The highest BCUT2D eigenvalue weighted by molar-refractivity contribution is 5.97. The molecule has 4 nitrogen and oxygen atoms in total. The quantitative estimate of drug-likeness (QED) is 0.121. The third kappa shape index (κ3) is 6.72. The summed E-state index contributed by atoms with van der Waals surface area (Å²) in [6, 6.07) is 41.6. The molecule has 4 aromatic carbocycles. The molecule has 0 saturated carbocycles. The van der Waals surface area contributed by atoms with E-state index in [-0.39, 0.29) is 5.92 Å². The second kappa shape index (κ2) is 13.7.